The van der Waals surface area contributed by atoms with Crippen molar-refractivity contribution in [1.82, 2.24) is 0 Å². The van der Waals surface area contributed by atoms with Gasteiger partial charge < -0.3 is 20.9 Å². The molecule has 110 valence electrons. The highest BCUT2D eigenvalue weighted by Gasteiger charge is 2.49. The molecule has 5 heteroatoms. The van der Waals surface area contributed by atoms with Crippen LogP contribution in [0.3, 0.4) is 0 Å². The molecule has 2 rings (SSSR count). The number of carboxylic acids is 1. The molecule has 1 saturated carbocycles. The van der Waals surface area contributed by atoms with Crippen LogP contribution in [0.15, 0.2) is 18.2 Å². The number of hydrogen-bond acceptors (Lipinski definition) is 4. The van der Waals surface area contributed by atoms with Gasteiger partial charge in [-0.2, -0.15) is 0 Å². The van der Waals surface area contributed by atoms with E-state index in [1.165, 1.54) is 6.07 Å². The number of nitrogens with one attached hydrogen (secondary N) is 1. The summed E-state index contributed by atoms with van der Waals surface area (Å²) in [4.78, 5) is 11.3. The lowest BCUT2D eigenvalue weighted by molar-refractivity contribution is -0.0976. The van der Waals surface area contributed by atoms with E-state index in [4.69, 9.17) is 10.5 Å². The number of aromatic carboxylic acids is 1. The average molecular weight is 278 g/mol. The van der Waals surface area contributed by atoms with Crippen molar-refractivity contribution in [2.75, 3.05) is 17.7 Å². The van der Waals surface area contributed by atoms with Crippen LogP contribution in [0.25, 0.3) is 0 Å². The molecular weight excluding hydrogens is 256 g/mol. The molecule has 0 aromatic heterocycles. The summed E-state index contributed by atoms with van der Waals surface area (Å²) in [6, 6.07) is 5.11. The third-order valence-electron chi connectivity index (χ3n) is 4.15. The molecule has 0 heterocycles. The summed E-state index contributed by atoms with van der Waals surface area (Å²) < 4.78 is 5.68. The zero-order valence-electron chi connectivity index (χ0n) is 12.1. The van der Waals surface area contributed by atoms with Crippen LogP contribution in [0.4, 0.5) is 11.4 Å². The highest BCUT2D eigenvalue weighted by atomic mass is 16.5. The van der Waals surface area contributed by atoms with Crippen LogP contribution < -0.4 is 11.1 Å². The van der Waals surface area contributed by atoms with Gasteiger partial charge in [-0.3, -0.25) is 0 Å². The van der Waals surface area contributed by atoms with Crippen LogP contribution in [0.1, 0.15) is 37.6 Å². The first kappa shape index (κ1) is 14.7. The maximum Gasteiger partial charge on any atom is 0.337 e. The van der Waals surface area contributed by atoms with Crippen LogP contribution in [0.2, 0.25) is 0 Å². The molecule has 4 N–H and O–H groups in total. The zero-order chi connectivity index (χ0) is 14.9. The number of carboxylic acid groups (broad SMARTS) is 1. The first-order chi connectivity index (χ1) is 9.36. The van der Waals surface area contributed by atoms with Crippen molar-refractivity contribution in [3.05, 3.63) is 23.8 Å². The topological polar surface area (TPSA) is 84.6 Å². The van der Waals surface area contributed by atoms with Crippen LogP contribution in [0, 0.1) is 5.41 Å². The number of carbonyl (C=O) groups is 1. The number of ether oxygens (including phenoxy) is 1. The Hall–Kier alpha value is -1.75. The summed E-state index contributed by atoms with van der Waals surface area (Å²) in [6.07, 6.45) is 1.09. The molecular formula is C15H22N2O3. The number of benzene rings is 1. The Morgan fingerprint density at radius 3 is 2.80 bits per heavy atom. The Morgan fingerprint density at radius 1 is 1.55 bits per heavy atom. The van der Waals surface area contributed by atoms with Gasteiger partial charge in [0.15, 0.2) is 0 Å². The minimum Gasteiger partial charge on any atom is -0.478 e. The molecule has 0 saturated heterocycles. The fraction of sp³-hybridized carbons (Fsp3) is 0.533. The SMILES string of the molecule is CCOC1CC(Nc2ccc(N)cc2C(=O)O)C1(C)C. The maximum absolute atomic E-state index is 11.3. The van der Waals surface area contributed by atoms with Gasteiger partial charge in [-0.05, 0) is 31.5 Å². The van der Waals surface area contributed by atoms with Gasteiger partial charge in [0.2, 0.25) is 0 Å². The molecule has 5 nitrogen and oxygen atoms in total. The molecule has 20 heavy (non-hydrogen) atoms. The van der Waals surface area contributed by atoms with Gasteiger partial charge in [0.25, 0.3) is 0 Å². The highest BCUT2D eigenvalue weighted by molar-refractivity contribution is 5.95. The lowest BCUT2D eigenvalue weighted by Crippen LogP contribution is -2.58. The second-order valence-corrected chi connectivity index (χ2v) is 5.81. The quantitative estimate of drug-likeness (QED) is 0.721. The van der Waals surface area contributed by atoms with E-state index in [2.05, 4.69) is 19.2 Å². The van der Waals surface area contributed by atoms with Gasteiger partial charge >= 0.3 is 5.97 Å². The fourth-order valence-electron chi connectivity index (χ4n) is 2.67. The molecule has 0 bridgehead atoms. The number of nitrogens with two attached hydrogens (primary N) is 1. The largest absolute Gasteiger partial charge is 0.478 e. The van der Waals surface area contributed by atoms with Crippen molar-refractivity contribution >= 4 is 17.3 Å². The van der Waals surface area contributed by atoms with Gasteiger partial charge in [-0.25, -0.2) is 4.79 Å². The molecule has 1 aromatic rings. The molecule has 0 amide bonds. The van der Waals surface area contributed by atoms with Crippen molar-refractivity contribution in [3.8, 4) is 0 Å². The monoisotopic (exact) mass is 278 g/mol. The summed E-state index contributed by atoms with van der Waals surface area (Å²) in [5.41, 5.74) is 6.90. The standard InChI is InChI=1S/C15H22N2O3/c1-4-20-13-8-12(15(13,2)3)17-11-6-5-9(16)7-10(11)14(18)19/h5-7,12-13,17H,4,8,16H2,1-3H3,(H,18,19). The molecule has 2 unspecified atom stereocenters. The normalized spacial score (nSPS) is 23.9. The van der Waals surface area contributed by atoms with E-state index in [1.807, 2.05) is 6.92 Å². The van der Waals surface area contributed by atoms with Gasteiger partial charge in [0.1, 0.15) is 0 Å². The van der Waals surface area contributed by atoms with E-state index >= 15 is 0 Å². The minimum absolute atomic E-state index is 0.0207. The smallest absolute Gasteiger partial charge is 0.337 e. The number of anilines is 2. The molecule has 0 aliphatic heterocycles. The van der Waals surface area contributed by atoms with E-state index in [0.29, 0.717) is 18.0 Å². The van der Waals surface area contributed by atoms with E-state index in [0.717, 1.165) is 6.42 Å². The van der Waals surface area contributed by atoms with E-state index < -0.39 is 5.97 Å². The summed E-state index contributed by atoms with van der Waals surface area (Å²) in [6.45, 7) is 6.95. The van der Waals surface area contributed by atoms with Crippen LogP contribution in [-0.2, 0) is 4.74 Å². The van der Waals surface area contributed by atoms with Gasteiger partial charge in [-0.15, -0.1) is 0 Å². The Kier molecular flexibility index (Phi) is 3.90. The third-order valence-corrected chi connectivity index (χ3v) is 4.15. The summed E-state index contributed by atoms with van der Waals surface area (Å²) in [5.74, 6) is -0.974. The summed E-state index contributed by atoms with van der Waals surface area (Å²) in [7, 11) is 0. The maximum atomic E-state index is 11.3. The second-order valence-electron chi connectivity index (χ2n) is 5.81. The first-order valence-corrected chi connectivity index (χ1v) is 6.87. The number of nitrogen functional groups attached to an aromatic ring is 1. The van der Waals surface area contributed by atoms with Crippen molar-refractivity contribution in [2.24, 2.45) is 5.41 Å². The second kappa shape index (κ2) is 5.32. The van der Waals surface area contributed by atoms with Crippen LogP contribution in [0.5, 0.6) is 0 Å². The zero-order valence-corrected chi connectivity index (χ0v) is 12.1. The van der Waals surface area contributed by atoms with Gasteiger partial charge in [0.05, 0.1) is 11.7 Å². The molecule has 1 aliphatic rings. The van der Waals surface area contributed by atoms with Crippen molar-refractivity contribution in [3.63, 3.8) is 0 Å². The van der Waals surface area contributed by atoms with Gasteiger partial charge in [-0.1, -0.05) is 13.8 Å². The Balaban J connectivity index is 2.14. The average Bonchev–Trinajstić information content (AvgIpc) is 2.39. The molecule has 2 atom stereocenters. The lowest BCUT2D eigenvalue weighted by Gasteiger charge is -2.52. The third kappa shape index (κ3) is 2.58. The predicted molar refractivity (Wildman–Crippen MR) is 79.0 cm³/mol. The number of hydrogen-bond donors (Lipinski definition) is 3. The number of rotatable bonds is 5. The van der Waals surface area contributed by atoms with E-state index in [1.54, 1.807) is 12.1 Å². The van der Waals surface area contributed by atoms with E-state index in [9.17, 15) is 9.90 Å². The molecule has 1 fully saturated rings. The van der Waals surface area contributed by atoms with Crippen molar-refractivity contribution in [2.45, 2.75) is 39.3 Å². The van der Waals surface area contributed by atoms with Crippen LogP contribution in [-0.4, -0.2) is 29.8 Å². The lowest BCUT2D eigenvalue weighted by atomic mass is 9.64. The molecule has 0 radical (unpaired) electrons. The van der Waals surface area contributed by atoms with Crippen LogP contribution >= 0.6 is 0 Å². The summed E-state index contributed by atoms with van der Waals surface area (Å²) >= 11 is 0. The first-order valence-electron chi connectivity index (χ1n) is 6.87. The predicted octanol–water partition coefficient (Wildman–Crippen LogP) is 2.58. The minimum atomic E-state index is -0.974. The molecule has 0 spiro atoms. The Labute approximate surface area is 119 Å². The Bertz CT molecular complexity index is 514. The Morgan fingerprint density at radius 2 is 2.25 bits per heavy atom. The fourth-order valence-corrected chi connectivity index (χ4v) is 2.67. The highest BCUT2D eigenvalue weighted by Crippen LogP contribution is 2.44. The van der Waals surface area contributed by atoms with Crippen molar-refractivity contribution in [1.29, 1.82) is 0 Å². The molecule has 1 aliphatic carbocycles. The van der Waals surface area contributed by atoms with Crippen molar-refractivity contribution < 1.29 is 14.6 Å². The molecule has 1 aromatic carbocycles. The van der Waals surface area contributed by atoms with Gasteiger partial charge in [0, 0.05) is 29.4 Å². The summed E-state index contributed by atoms with van der Waals surface area (Å²) in [5, 5.41) is 12.6. The van der Waals surface area contributed by atoms with E-state index in [-0.39, 0.29) is 23.1 Å².